The van der Waals surface area contributed by atoms with Crippen molar-refractivity contribution in [3.63, 3.8) is 0 Å². The second-order valence-electron chi connectivity index (χ2n) is 5.64. The van der Waals surface area contributed by atoms with Crippen molar-refractivity contribution in [1.29, 1.82) is 0 Å². The summed E-state index contributed by atoms with van der Waals surface area (Å²) in [6.07, 6.45) is 6.95. The van der Waals surface area contributed by atoms with Gasteiger partial charge < -0.3 is 10.2 Å². The molecule has 1 aliphatic rings. The molecule has 102 valence electrons. The number of aryl methyl sites for hydroxylation is 1. The highest BCUT2D eigenvalue weighted by atomic mass is 16.3. The molecule has 0 bridgehead atoms. The van der Waals surface area contributed by atoms with Crippen molar-refractivity contribution < 1.29 is 4.42 Å². The second kappa shape index (κ2) is 6.39. The van der Waals surface area contributed by atoms with Crippen LogP contribution in [0.3, 0.4) is 0 Å². The maximum Gasteiger partial charge on any atom is 0.122 e. The Morgan fingerprint density at radius 1 is 1.33 bits per heavy atom. The van der Waals surface area contributed by atoms with E-state index in [1.165, 1.54) is 32.1 Å². The Morgan fingerprint density at radius 3 is 2.61 bits per heavy atom. The Bertz CT molecular complexity index is 355. The maximum absolute atomic E-state index is 5.92. The van der Waals surface area contributed by atoms with Crippen LogP contribution in [0.1, 0.15) is 49.7 Å². The molecular formula is C15H26N2O. The summed E-state index contributed by atoms with van der Waals surface area (Å²) in [5.41, 5.74) is 5.92. The van der Waals surface area contributed by atoms with Gasteiger partial charge in [-0.25, -0.2) is 0 Å². The second-order valence-corrected chi connectivity index (χ2v) is 5.64. The van der Waals surface area contributed by atoms with Crippen LogP contribution < -0.4 is 5.73 Å². The molecule has 1 heterocycles. The SMILES string of the molecule is Cc1ccc(C(CN)N(C)CC2CCCCC2)o1. The maximum atomic E-state index is 5.92. The normalized spacial score (nSPS) is 19.3. The summed E-state index contributed by atoms with van der Waals surface area (Å²) in [6.45, 7) is 3.75. The van der Waals surface area contributed by atoms with Crippen LogP contribution in [0.15, 0.2) is 16.5 Å². The van der Waals surface area contributed by atoms with Gasteiger partial charge in [0.1, 0.15) is 11.5 Å². The molecule has 3 heteroatoms. The molecule has 1 aromatic heterocycles. The summed E-state index contributed by atoms with van der Waals surface area (Å²) in [6, 6.07) is 4.30. The van der Waals surface area contributed by atoms with Crippen molar-refractivity contribution in [2.75, 3.05) is 20.1 Å². The molecule has 0 amide bonds. The summed E-state index contributed by atoms with van der Waals surface area (Å²) < 4.78 is 5.73. The number of furan rings is 1. The third-order valence-electron chi connectivity index (χ3n) is 4.12. The molecule has 0 aromatic carbocycles. The molecule has 3 nitrogen and oxygen atoms in total. The van der Waals surface area contributed by atoms with Gasteiger partial charge in [0.15, 0.2) is 0 Å². The van der Waals surface area contributed by atoms with E-state index in [1.807, 2.05) is 13.0 Å². The van der Waals surface area contributed by atoms with Crippen LogP contribution in [-0.2, 0) is 0 Å². The largest absolute Gasteiger partial charge is 0.465 e. The van der Waals surface area contributed by atoms with Gasteiger partial charge in [-0.2, -0.15) is 0 Å². The van der Waals surface area contributed by atoms with Crippen LogP contribution >= 0.6 is 0 Å². The quantitative estimate of drug-likeness (QED) is 0.873. The van der Waals surface area contributed by atoms with E-state index >= 15 is 0 Å². The zero-order valence-corrected chi connectivity index (χ0v) is 11.7. The third-order valence-corrected chi connectivity index (χ3v) is 4.12. The molecule has 1 fully saturated rings. The van der Waals surface area contributed by atoms with Crippen molar-refractivity contribution in [2.45, 2.75) is 45.1 Å². The van der Waals surface area contributed by atoms with Crippen molar-refractivity contribution >= 4 is 0 Å². The Balaban J connectivity index is 1.94. The molecule has 1 atom stereocenters. The van der Waals surface area contributed by atoms with E-state index in [0.717, 1.165) is 24.0 Å². The summed E-state index contributed by atoms with van der Waals surface area (Å²) in [5.74, 6) is 2.82. The monoisotopic (exact) mass is 250 g/mol. The smallest absolute Gasteiger partial charge is 0.122 e. The lowest BCUT2D eigenvalue weighted by Crippen LogP contribution is -2.34. The highest BCUT2D eigenvalue weighted by Crippen LogP contribution is 2.27. The molecular weight excluding hydrogens is 224 g/mol. The highest BCUT2D eigenvalue weighted by molar-refractivity contribution is 5.10. The van der Waals surface area contributed by atoms with Gasteiger partial charge in [-0.1, -0.05) is 19.3 Å². The zero-order chi connectivity index (χ0) is 13.0. The summed E-state index contributed by atoms with van der Waals surface area (Å²) in [7, 11) is 2.17. The van der Waals surface area contributed by atoms with Crippen LogP contribution in [0.4, 0.5) is 0 Å². The van der Waals surface area contributed by atoms with Gasteiger partial charge >= 0.3 is 0 Å². The lowest BCUT2D eigenvalue weighted by atomic mass is 9.88. The lowest BCUT2D eigenvalue weighted by Gasteiger charge is -2.31. The van der Waals surface area contributed by atoms with Crippen molar-refractivity contribution in [1.82, 2.24) is 4.90 Å². The zero-order valence-electron chi connectivity index (χ0n) is 11.7. The Hall–Kier alpha value is -0.800. The summed E-state index contributed by atoms with van der Waals surface area (Å²) >= 11 is 0. The minimum absolute atomic E-state index is 0.223. The molecule has 1 unspecified atom stereocenters. The van der Waals surface area contributed by atoms with E-state index in [1.54, 1.807) is 0 Å². The predicted octanol–water partition coefficient (Wildman–Crippen LogP) is 3.10. The Morgan fingerprint density at radius 2 is 2.06 bits per heavy atom. The minimum Gasteiger partial charge on any atom is -0.465 e. The molecule has 0 spiro atoms. The number of hydrogen-bond acceptors (Lipinski definition) is 3. The van der Waals surface area contributed by atoms with E-state index < -0.39 is 0 Å². The molecule has 0 aliphatic heterocycles. The van der Waals surface area contributed by atoms with Gasteiger partial charge in [-0.3, -0.25) is 4.90 Å². The van der Waals surface area contributed by atoms with Crippen LogP contribution in [0.2, 0.25) is 0 Å². The van der Waals surface area contributed by atoms with Gasteiger partial charge in [0.25, 0.3) is 0 Å². The van der Waals surface area contributed by atoms with Gasteiger partial charge in [-0.15, -0.1) is 0 Å². The molecule has 1 aliphatic carbocycles. The third kappa shape index (κ3) is 3.36. The first kappa shape index (κ1) is 13.6. The predicted molar refractivity (Wildman–Crippen MR) is 74.4 cm³/mol. The van der Waals surface area contributed by atoms with E-state index in [0.29, 0.717) is 6.54 Å². The average Bonchev–Trinajstić information content (AvgIpc) is 2.78. The molecule has 18 heavy (non-hydrogen) atoms. The highest BCUT2D eigenvalue weighted by Gasteiger charge is 2.22. The van der Waals surface area contributed by atoms with E-state index in [9.17, 15) is 0 Å². The van der Waals surface area contributed by atoms with Crippen LogP contribution in [0.5, 0.6) is 0 Å². The first-order chi connectivity index (χ1) is 8.70. The van der Waals surface area contributed by atoms with Gasteiger partial charge in [-0.05, 0) is 44.9 Å². The first-order valence-corrected chi connectivity index (χ1v) is 7.17. The number of rotatable bonds is 5. The standard InChI is InChI=1S/C15H26N2O/c1-12-8-9-15(18-12)14(10-16)17(2)11-13-6-4-3-5-7-13/h8-9,13-14H,3-7,10-11,16H2,1-2H3. The van der Waals surface area contributed by atoms with E-state index in [-0.39, 0.29) is 6.04 Å². The van der Waals surface area contributed by atoms with Crippen molar-refractivity contribution in [3.05, 3.63) is 23.7 Å². The number of hydrogen-bond donors (Lipinski definition) is 1. The van der Waals surface area contributed by atoms with E-state index in [2.05, 4.69) is 18.0 Å². The first-order valence-electron chi connectivity index (χ1n) is 7.17. The molecule has 1 aromatic rings. The fraction of sp³-hybridized carbons (Fsp3) is 0.733. The Kier molecular flexibility index (Phi) is 4.84. The summed E-state index contributed by atoms with van der Waals surface area (Å²) in [4.78, 5) is 2.37. The number of nitrogens with zero attached hydrogens (tertiary/aromatic N) is 1. The van der Waals surface area contributed by atoms with Crippen LogP contribution in [0, 0.1) is 12.8 Å². The topological polar surface area (TPSA) is 42.4 Å². The van der Waals surface area contributed by atoms with Crippen LogP contribution in [-0.4, -0.2) is 25.0 Å². The molecule has 0 radical (unpaired) electrons. The molecule has 2 N–H and O–H groups in total. The number of nitrogens with two attached hydrogens (primary N) is 1. The lowest BCUT2D eigenvalue weighted by molar-refractivity contribution is 0.168. The van der Waals surface area contributed by atoms with Crippen LogP contribution in [0.25, 0.3) is 0 Å². The van der Waals surface area contributed by atoms with Gasteiger partial charge in [0, 0.05) is 13.1 Å². The fourth-order valence-electron chi connectivity index (χ4n) is 3.05. The summed E-state index contributed by atoms with van der Waals surface area (Å²) in [5, 5.41) is 0. The molecule has 0 saturated heterocycles. The van der Waals surface area contributed by atoms with Gasteiger partial charge in [0.05, 0.1) is 6.04 Å². The van der Waals surface area contributed by atoms with Crippen molar-refractivity contribution in [2.24, 2.45) is 11.7 Å². The van der Waals surface area contributed by atoms with E-state index in [4.69, 9.17) is 10.2 Å². The van der Waals surface area contributed by atoms with Crippen molar-refractivity contribution in [3.8, 4) is 0 Å². The fourth-order valence-corrected chi connectivity index (χ4v) is 3.05. The minimum atomic E-state index is 0.223. The molecule has 1 saturated carbocycles. The number of likely N-dealkylation sites (N-methyl/N-ethyl adjacent to an activating group) is 1. The Labute approximate surface area is 110 Å². The molecule has 2 rings (SSSR count). The average molecular weight is 250 g/mol. The van der Waals surface area contributed by atoms with Gasteiger partial charge in [0.2, 0.25) is 0 Å².